The van der Waals surface area contributed by atoms with E-state index < -0.39 is 0 Å². The van der Waals surface area contributed by atoms with Gasteiger partial charge in [-0.2, -0.15) is 4.98 Å². The number of nitrogens with one attached hydrogen (secondary N) is 1. The van der Waals surface area contributed by atoms with Crippen LogP contribution in [0.3, 0.4) is 0 Å². The molecule has 0 radical (unpaired) electrons. The molecule has 1 N–H and O–H groups in total. The molecule has 11 nitrogen and oxygen atoms in total. The van der Waals surface area contributed by atoms with Crippen LogP contribution in [0.5, 0.6) is 0 Å². The first-order valence-electron chi connectivity index (χ1n) is 10.1. The minimum atomic E-state index is -0.155. The molecule has 2 amide bonds. The van der Waals surface area contributed by atoms with E-state index in [0.29, 0.717) is 37.2 Å². The number of carbonyl (C=O) groups excluding carboxylic acids is 2. The molecule has 1 unspecified atom stereocenters. The maximum Gasteiger partial charge on any atom is 0.289 e. The van der Waals surface area contributed by atoms with E-state index in [1.54, 1.807) is 11.8 Å². The van der Waals surface area contributed by atoms with Crippen molar-refractivity contribution in [1.82, 2.24) is 40.0 Å². The molecule has 154 valence electrons. The van der Waals surface area contributed by atoms with E-state index in [9.17, 15) is 9.59 Å². The fourth-order valence-corrected chi connectivity index (χ4v) is 4.19. The van der Waals surface area contributed by atoms with Crippen molar-refractivity contribution in [2.75, 3.05) is 26.2 Å². The third-order valence-electron chi connectivity index (χ3n) is 6.05. The number of aromatic nitrogens is 5. The van der Waals surface area contributed by atoms with Gasteiger partial charge in [0.25, 0.3) is 5.91 Å². The highest BCUT2D eigenvalue weighted by molar-refractivity contribution is 5.91. The minimum absolute atomic E-state index is 0.0483. The Morgan fingerprint density at radius 3 is 2.72 bits per heavy atom. The lowest BCUT2D eigenvalue weighted by atomic mass is 9.93. The molecule has 0 aromatic carbocycles. The fourth-order valence-electron chi connectivity index (χ4n) is 4.19. The van der Waals surface area contributed by atoms with Crippen LogP contribution in [-0.4, -0.2) is 78.7 Å². The highest BCUT2D eigenvalue weighted by atomic mass is 16.5. The first-order chi connectivity index (χ1) is 14.1. The number of hydrogen-bond acceptors (Lipinski definition) is 8. The van der Waals surface area contributed by atoms with Crippen LogP contribution in [0.25, 0.3) is 0 Å². The highest BCUT2D eigenvalue weighted by Gasteiger charge is 2.38. The van der Waals surface area contributed by atoms with Crippen LogP contribution in [0.1, 0.15) is 53.5 Å². The smallest absolute Gasteiger partial charge is 0.289 e. The number of piperazine rings is 1. The Labute approximate surface area is 167 Å². The number of nitrogens with zero attached hydrogens (tertiary/aromatic N) is 7. The molecule has 1 aliphatic carbocycles. The molecular formula is C18H24N8O3. The van der Waals surface area contributed by atoms with Gasteiger partial charge >= 0.3 is 0 Å². The minimum Gasteiger partial charge on any atom is -0.347 e. The largest absolute Gasteiger partial charge is 0.347 e. The van der Waals surface area contributed by atoms with Gasteiger partial charge in [0.1, 0.15) is 6.42 Å². The number of rotatable bonds is 4. The third-order valence-corrected chi connectivity index (χ3v) is 6.05. The Hall–Kier alpha value is -2.82. The summed E-state index contributed by atoms with van der Waals surface area (Å²) >= 11 is 0. The summed E-state index contributed by atoms with van der Waals surface area (Å²) in [6.07, 6.45) is 3.31. The number of carbonyl (C=O) groups is 2. The van der Waals surface area contributed by atoms with Crippen molar-refractivity contribution in [2.24, 2.45) is 0 Å². The average Bonchev–Trinajstić information content (AvgIpc) is 3.30. The molecule has 11 heteroatoms. The van der Waals surface area contributed by atoms with Gasteiger partial charge in [-0.25, -0.2) is 0 Å². The maximum atomic E-state index is 12.7. The van der Waals surface area contributed by atoms with Crippen molar-refractivity contribution in [1.29, 1.82) is 0 Å². The maximum absolute atomic E-state index is 12.7. The highest BCUT2D eigenvalue weighted by Crippen LogP contribution is 2.29. The molecule has 0 bridgehead atoms. The molecule has 2 fully saturated rings. The second kappa shape index (κ2) is 7.21. The summed E-state index contributed by atoms with van der Waals surface area (Å²) < 4.78 is 6.98. The van der Waals surface area contributed by atoms with Gasteiger partial charge in [-0.3, -0.25) is 14.5 Å². The van der Waals surface area contributed by atoms with Gasteiger partial charge in [-0.1, -0.05) is 5.16 Å². The van der Waals surface area contributed by atoms with Crippen molar-refractivity contribution in [3.63, 3.8) is 0 Å². The zero-order valence-electron chi connectivity index (χ0n) is 16.4. The Kier molecular flexibility index (Phi) is 4.53. The molecule has 0 spiro atoms. The number of aryl methyl sites for hydroxylation is 1. The van der Waals surface area contributed by atoms with Gasteiger partial charge < -0.3 is 19.3 Å². The number of hydrogen-bond donors (Lipinski definition) is 1. The van der Waals surface area contributed by atoms with Crippen molar-refractivity contribution < 1.29 is 14.1 Å². The van der Waals surface area contributed by atoms with Gasteiger partial charge in [0.2, 0.25) is 17.6 Å². The van der Waals surface area contributed by atoms with E-state index in [4.69, 9.17) is 4.52 Å². The lowest BCUT2D eigenvalue weighted by Gasteiger charge is -2.43. The van der Waals surface area contributed by atoms with Crippen molar-refractivity contribution in [3.05, 3.63) is 23.4 Å². The summed E-state index contributed by atoms with van der Waals surface area (Å²) in [4.78, 5) is 33.5. The molecule has 3 aliphatic rings. The summed E-state index contributed by atoms with van der Waals surface area (Å²) in [7, 11) is 0. The van der Waals surface area contributed by atoms with Crippen LogP contribution in [0, 0.1) is 6.92 Å². The predicted molar refractivity (Wildman–Crippen MR) is 98.8 cm³/mol. The van der Waals surface area contributed by atoms with Gasteiger partial charge in [0.15, 0.2) is 11.6 Å². The lowest BCUT2D eigenvalue weighted by Crippen LogP contribution is -2.54. The molecule has 1 atom stereocenters. The van der Waals surface area contributed by atoms with Gasteiger partial charge in [-0.15, -0.1) is 10.2 Å². The van der Waals surface area contributed by atoms with Crippen LogP contribution in [-0.2, 0) is 17.8 Å². The number of amides is 2. The summed E-state index contributed by atoms with van der Waals surface area (Å²) in [5.74, 6) is 1.77. The summed E-state index contributed by atoms with van der Waals surface area (Å²) in [5, 5.41) is 15.3. The molecule has 2 aromatic rings. The molecule has 1 saturated carbocycles. The predicted octanol–water partition coefficient (Wildman–Crippen LogP) is -0.307. The van der Waals surface area contributed by atoms with E-state index in [0.717, 1.165) is 38.2 Å². The second-order valence-corrected chi connectivity index (χ2v) is 7.94. The summed E-state index contributed by atoms with van der Waals surface area (Å²) in [6.45, 7) is 5.13. The SMILES string of the molecule is Cc1noc(CC(=O)N2CCN3CCn4c(C(=O)NC5CCC5)nnc4C3C2)n1. The zero-order valence-corrected chi connectivity index (χ0v) is 16.4. The Bertz CT molecular complexity index is 933. The third kappa shape index (κ3) is 3.39. The molecule has 5 rings (SSSR count). The van der Waals surface area contributed by atoms with Gasteiger partial charge in [0.05, 0.1) is 6.04 Å². The normalized spacial score (nSPS) is 22.0. The standard InChI is InChI=1S/C18H24N8O3/c1-11-19-14(29-23-11)9-15(27)25-6-5-24-7-8-26-16(13(24)10-25)21-22-17(26)18(28)20-12-3-2-4-12/h12-13H,2-10H2,1H3,(H,20,28). The molecule has 2 aromatic heterocycles. The Balaban J connectivity index is 1.30. The fraction of sp³-hybridized carbons (Fsp3) is 0.667. The lowest BCUT2D eigenvalue weighted by molar-refractivity contribution is -0.134. The molecular weight excluding hydrogens is 376 g/mol. The Morgan fingerprint density at radius 2 is 2.00 bits per heavy atom. The van der Waals surface area contributed by atoms with E-state index in [-0.39, 0.29) is 30.3 Å². The quantitative estimate of drug-likeness (QED) is 0.742. The van der Waals surface area contributed by atoms with Gasteiger partial charge in [0, 0.05) is 38.8 Å². The average molecular weight is 400 g/mol. The van der Waals surface area contributed by atoms with Gasteiger partial charge in [-0.05, 0) is 26.2 Å². The van der Waals surface area contributed by atoms with Crippen LogP contribution >= 0.6 is 0 Å². The first-order valence-corrected chi connectivity index (χ1v) is 10.1. The first kappa shape index (κ1) is 18.2. The monoisotopic (exact) mass is 400 g/mol. The van der Waals surface area contributed by atoms with E-state index in [2.05, 4.69) is 30.6 Å². The van der Waals surface area contributed by atoms with Crippen LogP contribution in [0.2, 0.25) is 0 Å². The van der Waals surface area contributed by atoms with Crippen molar-refractivity contribution in [2.45, 2.75) is 51.2 Å². The van der Waals surface area contributed by atoms with Crippen LogP contribution in [0.4, 0.5) is 0 Å². The Morgan fingerprint density at radius 1 is 1.17 bits per heavy atom. The van der Waals surface area contributed by atoms with E-state index >= 15 is 0 Å². The van der Waals surface area contributed by atoms with Crippen LogP contribution in [0.15, 0.2) is 4.52 Å². The number of fused-ring (bicyclic) bond motifs is 3. The van der Waals surface area contributed by atoms with E-state index in [1.165, 1.54) is 0 Å². The van der Waals surface area contributed by atoms with Crippen molar-refractivity contribution >= 4 is 11.8 Å². The molecule has 4 heterocycles. The van der Waals surface area contributed by atoms with E-state index in [1.807, 2.05) is 4.57 Å². The topological polar surface area (TPSA) is 122 Å². The summed E-state index contributed by atoms with van der Waals surface area (Å²) in [5.41, 5.74) is 0. The summed E-state index contributed by atoms with van der Waals surface area (Å²) in [6, 6.07) is 0.190. The molecule has 1 saturated heterocycles. The van der Waals surface area contributed by atoms with Crippen LogP contribution < -0.4 is 5.32 Å². The zero-order chi connectivity index (χ0) is 20.0. The molecule has 29 heavy (non-hydrogen) atoms. The second-order valence-electron chi connectivity index (χ2n) is 7.94. The van der Waals surface area contributed by atoms with Crippen molar-refractivity contribution in [3.8, 4) is 0 Å². The molecule has 2 aliphatic heterocycles.